The first-order valence-electron chi connectivity index (χ1n) is 11.4. The summed E-state index contributed by atoms with van der Waals surface area (Å²) in [4.78, 5) is 38.1. The minimum Gasteiger partial charge on any atom is -0.462 e. The van der Waals surface area contributed by atoms with E-state index in [-0.39, 0.29) is 22.8 Å². The molecule has 0 radical (unpaired) electrons. The Hall–Kier alpha value is -3.00. The van der Waals surface area contributed by atoms with E-state index < -0.39 is 5.25 Å². The number of ether oxygens (including phenoxy) is 1. The summed E-state index contributed by atoms with van der Waals surface area (Å²) in [6.07, 6.45) is 1.77. The lowest BCUT2D eigenvalue weighted by Crippen LogP contribution is -2.22. The van der Waals surface area contributed by atoms with Crippen molar-refractivity contribution in [3.63, 3.8) is 0 Å². The van der Waals surface area contributed by atoms with Crippen molar-refractivity contribution in [2.45, 2.75) is 36.8 Å². The lowest BCUT2D eigenvalue weighted by Gasteiger charge is -2.13. The molecule has 3 aromatic carbocycles. The van der Waals surface area contributed by atoms with Gasteiger partial charge >= 0.3 is 5.97 Å². The number of hydrogen-bond acceptors (Lipinski definition) is 5. The second-order valence-electron chi connectivity index (χ2n) is 7.92. The van der Waals surface area contributed by atoms with E-state index in [4.69, 9.17) is 27.9 Å². The van der Waals surface area contributed by atoms with Crippen LogP contribution in [0.3, 0.4) is 0 Å². The number of hydrogen-bond donors (Lipinski definition) is 2. The van der Waals surface area contributed by atoms with E-state index >= 15 is 0 Å². The van der Waals surface area contributed by atoms with Crippen LogP contribution < -0.4 is 10.6 Å². The Bertz CT molecular complexity index is 1230. The third-order valence-electron chi connectivity index (χ3n) is 5.07. The third kappa shape index (κ3) is 8.01. The maximum atomic E-state index is 12.7. The van der Waals surface area contributed by atoms with Gasteiger partial charge in [-0.15, -0.1) is 11.8 Å². The highest BCUT2D eigenvalue weighted by Crippen LogP contribution is 2.28. The molecule has 0 aliphatic heterocycles. The van der Waals surface area contributed by atoms with Crippen molar-refractivity contribution in [3.8, 4) is 0 Å². The van der Waals surface area contributed by atoms with Gasteiger partial charge in [-0.2, -0.15) is 0 Å². The summed E-state index contributed by atoms with van der Waals surface area (Å²) in [6, 6.07) is 18.5. The topological polar surface area (TPSA) is 84.5 Å². The number of benzene rings is 3. The number of thioether (sulfide) groups is 1. The molecule has 2 N–H and O–H groups in total. The Balaban J connectivity index is 1.56. The molecule has 0 heterocycles. The van der Waals surface area contributed by atoms with Crippen LogP contribution in [0, 0.1) is 0 Å². The Morgan fingerprint density at radius 1 is 0.944 bits per heavy atom. The molecule has 0 aromatic heterocycles. The minimum absolute atomic E-state index is 0.194. The Labute approximate surface area is 224 Å². The van der Waals surface area contributed by atoms with Gasteiger partial charge in [-0.25, -0.2) is 4.79 Å². The molecule has 1 unspecified atom stereocenters. The molecule has 0 fully saturated rings. The van der Waals surface area contributed by atoms with Crippen LogP contribution in [0.5, 0.6) is 0 Å². The molecule has 3 rings (SSSR count). The van der Waals surface area contributed by atoms with Crippen LogP contribution in [-0.2, 0) is 9.53 Å². The third-order valence-corrected chi connectivity index (χ3v) is 6.71. The fourth-order valence-corrected chi connectivity index (χ4v) is 4.52. The molecular weight excluding hydrogens is 519 g/mol. The van der Waals surface area contributed by atoms with E-state index in [1.165, 1.54) is 17.8 Å². The number of amides is 2. The van der Waals surface area contributed by atoms with Crippen molar-refractivity contribution >= 4 is 64.1 Å². The standard InChI is InChI=1S/C27H26Cl2N2O4S/c1-3-4-14-35-27(34)18-8-11-20(12-9-18)30-25(32)17(2)36-22-7-5-6-21(16-22)31-26(33)23-13-10-19(28)15-24(23)29/h5-13,15-17H,3-4,14H2,1-2H3,(H,30,32)(H,31,33). The number of anilines is 2. The van der Waals surface area contributed by atoms with Gasteiger partial charge in [0.1, 0.15) is 0 Å². The Kier molecular flexibility index (Phi) is 10.2. The molecule has 2 amide bonds. The highest BCUT2D eigenvalue weighted by molar-refractivity contribution is 8.00. The summed E-state index contributed by atoms with van der Waals surface area (Å²) in [5.41, 5.74) is 1.90. The van der Waals surface area contributed by atoms with Crippen molar-refractivity contribution in [3.05, 3.63) is 87.9 Å². The van der Waals surface area contributed by atoms with E-state index in [2.05, 4.69) is 10.6 Å². The normalized spacial score (nSPS) is 11.4. The zero-order valence-electron chi connectivity index (χ0n) is 19.8. The summed E-state index contributed by atoms with van der Waals surface area (Å²) in [5.74, 6) is -0.932. The number of unbranched alkanes of at least 4 members (excludes halogenated alkanes) is 1. The van der Waals surface area contributed by atoms with Gasteiger partial charge in [0.25, 0.3) is 5.91 Å². The van der Waals surface area contributed by atoms with Gasteiger partial charge in [0.05, 0.1) is 28.0 Å². The van der Waals surface area contributed by atoms with Gasteiger partial charge in [0, 0.05) is 21.3 Å². The van der Waals surface area contributed by atoms with Gasteiger partial charge in [-0.3, -0.25) is 9.59 Å². The maximum Gasteiger partial charge on any atom is 0.338 e. The monoisotopic (exact) mass is 544 g/mol. The highest BCUT2D eigenvalue weighted by atomic mass is 35.5. The smallest absolute Gasteiger partial charge is 0.338 e. The number of rotatable bonds is 10. The average molecular weight is 545 g/mol. The van der Waals surface area contributed by atoms with Crippen LogP contribution in [0.2, 0.25) is 10.0 Å². The van der Waals surface area contributed by atoms with E-state index in [1.807, 2.05) is 13.0 Å². The van der Waals surface area contributed by atoms with Crippen LogP contribution >= 0.6 is 35.0 Å². The van der Waals surface area contributed by atoms with Crippen molar-refractivity contribution in [2.24, 2.45) is 0 Å². The lowest BCUT2D eigenvalue weighted by atomic mass is 10.2. The van der Waals surface area contributed by atoms with Crippen LogP contribution in [0.15, 0.2) is 71.6 Å². The van der Waals surface area contributed by atoms with E-state index in [0.29, 0.717) is 34.1 Å². The Morgan fingerprint density at radius 3 is 2.39 bits per heavy atom. The first kappa shape index (κ1) is 27.6. The van der Waals surface area contributed by atoms with Crippen molar-refractivity contribution in [1.29, 1.82) is 0 Å². The second-order valence-corrected chi connectivity index (χ2v) is 10.2. The molecule has 0 bridgehead atoms. The molecule has 9 heteroatoms. The van der Waals surface area contributed by atoms with Crippen LogP contribution in [-0.4, -0.2) is 29.6 Å². The van der Waals surface area contributed by atoms with Gasteiger partial charge in [0.2, 0.25) is 5.91 Å². The fraction of sp³-hybridized carbons (Fsp3) is 0.222. The summed E-state index contributed by atoms with van der Waals surface area (Å²) in [6.45, 7) is 4.21. The van der Waals surface area contributed by atoms with Crippen molar-refractivity contribution in [1.82, 2.24) is 0 Å². The lowest BCUT2D eigenvalue weighted by molar-refractivity contribution is -0.115. The largest absolute Gasteiger partial charge is 0.462 e. The highest BCUT2D eigenvalue weighted by Gasteiger charge is 2.16. The molecule has 0 spiro atoms. The molecule has 0 aliphatic rings. The molecule has 1 atom stereocenters. The second kappa shape index (κ2) is 13.3. The molecule has 188 valence electrons. The van der Waals surface area contributed by atoms with Crippen LogP contribution in [0.4, 0.5) is 11.4 Å². The molecule has 0 aliphatic carbocycles. The first-order chi connectivity index (χ1) is 17.3. The number of carbonyl (C=O) groups is 3. The van der Waals surface area contributed by atoms with Crippen molar-refractivity contribution < 1.29 is 19.1 Å². The van der Waals surface area contributed by atoms with E-state index in [9.17, 15) is 14.4 Å². The SMILES string of the molecule is CCCCOC(=O)c1ccc(NC(=O)C(C)Sc2cccc(NC(=O)c3ccc(Cl)cc3Cl)c2)cc1. The van der Waals surface area contributed by atoms with E-state index in [0.717, 1.165) is 17.7 Å². The van der Waals surface area contributed by atoms with Crippen LogP contribution in [0.25, 0.3) is 0 Å². The molecular formula is C27H26Cl2N2O4S. The molecule has 6 nitrogen and oxygen atoms in total. The maximum absolute atomic E-state index is 12.7. The summed E-state index contributed by atoms with van der Waals surface area (Å²) in [5, 5.41) is 5.96. The van der Waals surface area contributed by atoms with Gasteiger partial charge in [-0.1, -0.05) is 42.6 Å². The predicted molar refractivity (Wildman–Crippen MR) is 146 cm³/mol. The Morgan fingerprint density at radius 2 is 1.69 bits per heavy atom. The molecule has 0 saturated heterocycles. The molecule has 3 aromatic rings. The van der Waals surface area contributed by atoms with Crippen molar-refractivity contribution in [2.75, 3.05) is 17.2 Å². The number of halogens is 2. The fourth-order valence-electron chi connectivity index (χ4n) is 3.10. The van der Waals surface area contributed by atoms with Gasteiger partial charge in [0.15, 0.2) is 0 Å². The number of carbonyl (C=O) groups excluding carboxylic acids is 3. The molecule has 36 heavy (non-hydrogen) atoms. The summed E-state index contributed by atoms with van der Waals surface area (Å²) < 4.78 is 5.20. The minimum atomic E-state index is -0.416. The average Bonchev–Trinajstić information content (AvgIpc) is 2.84. The van der Waals surface area contributed by atoms with E-state index in [1.54, 1.807) is 61.5 Å². The summed E-state index contributed by atoms with van der Waals surface area (Å²) >= 11 is 13.4. The van der Waals surface area contributed by atoms with Gasteiger partial charge < -0.3 is 15.4 Å². The predicted octanol–water partition coefficient (Wildman–Crippen LogP) is 7.32. The molecule has 0 saturated carbocycles. The number of esters is 1. The summed E-state index contributed by atoms with van der Waals surface area (Å²) in [7, 11) is 0. The first-order valence-corrected chi connectivity index (χ1v) is 13.0. The zero-order chi connectivity index (χ0) is 26.1. The number of nitrogens with one attached hydrogen (secondary N) is 2. The van der Waals surface area contributed by atoms with Crippen LogP contribution in [0.1, 0.15) is 47.4 Å². The quantitative estimate of drug-likeness (QED) is 0.158. The van der Waals surface area contributed by atoms with Gasteiger partial charge in [-0.05, 0) is 74.0 Å². The zero-order valence-corrected chi connectivity index (χ0v) is 22.2.